The van der Waals surface area contributed by atoms with E-state index in [1.807, 2.05) is 6.92 Å². The molecular formula is C22H40N8O8. The smallest absolute Gasteiger partial charge is 0.326 e. The molecule has 0 aliphatic rings. The number of amides is 4. The van der Waals surface area contributed by atoms with Crippen molar-refractivity contribution in [2.45, 2.75) is 83.0 Å². The van der Waals surface area contributed by atoms with Crippen LogP contribution >= 0.6 is 0 Å². The molecule has 38 heavy (non-hydrogen) atoms. The minimum atomic E-state index is -1.51. The van der Waals surface area contributed by atoms with Crippen molar-refractivity contribution >= 4 is 41.5 Å². The Bertz CT molecular complexity index is 877. The summed E-state index contributed by atoms with van der Waals surface area (Å²) in [4.78, 5) is 76.0. The summed E-state index contributed by atoms with van der Waals surface area (Å²) in [6, 6.07) is -5.07. The van der Waals surface area contributed by atoms with Crippen LogP contribution in [0.25, 0.3) is 0 Å². The molecule has 0 saturated heterocycles. The van der Waals surface area contributed by atoms with Gasteiger partial charge in [0.2, 0.25) is 23.6 Å². The third kappa shape index (κ3) is 14.0. The first-order chi connectivity index (χ1) is 17.7. The lowest BCUT2D eigenvalue weighted by molar-refractivity contribution is -0.143. The van der Waals surface area contributed by atoms with Crippen molar-refractivity contribution < 1.29 is 39.0 Å². The predicted octanol–water partition coefficient (Wildman–Crippen LogP) is -2.92. The molecule has 13 N–H and O–H groups in total. The van der Waals surface area contributed by atoms with E-state index < -0.39 is 66.2 Å². The van der Waals surface area contributed by atoms with Gasteiger partial charge in [0.25, 0.3) is 0 Å². The van der Waals surface area contributed by atoms with Gasteiger partial charge in [-0.05, 0) is 31.6 Å². The zero-order valence-electron chi connectivity index (χ0n) is 21.6. The summed E-state index contributed by atoms with van der Waals surface area (Å²) in [6.45, 7) is 3.75. The van der Waals surface area contributed by atoms with Crippen LogP contribution in [0, 0.1) is 5.92 Å². The van der Waals surface area contributed by atoms with Crippen LogP contribution in [-0.2, 0) is 28.8 Å². The number of nitrogens with one attached hydrogen (secondary N) is 3. The van der Waals surface area contributed by atoms with Crippen LogP contribution < -0.4 is 38.9 Å². The van der Waals surface area contributed by atoms with Crippen LogP contribution in [0.5, 0.6) is 0 Å². The SMILES string of the molecule is CCC(C)C(N)C(=O)NC(CCCN=C(N)N)C(=O)NC(CCC(=O)O)C(=O)NC(CCC(N)=O)C(=O)O. The Balaban J connectivity index is 5.74. The molecule has 0 aliphatic heterocycles. The van der Waals surface area contributed by atoms with Crippen molar-refractivity contribution in [3.05, 3.63) is 0 Å². The number of rotatable bonds is 19. The van der Waals surface area contributed by atoms with Crippen LogP contribution in [0.4, 0.5) is 0 Å². The van der Waals surface area contributed by atoms with Crippen molar-refractivity contribution in [3.63, 3.8) is 0 Å². The number of hydrogen-bond acceptors (Lipinski definition) is 8. The predicted molar refractivity (Wildman–Crippen MR) is 136 cm³/mol. The van der Waals surface area contributed by atoms with Gasteiger partial charge in [0.1, 0.15) is 18.1 Å². The Morgan fingerprint density at radius 1 is 0.789 bits per heavy atom. The standard InChI is InChI=1S/C22H40N8O8/c1-3-11(2)17(24)20(36)29-12(5-4-10-27-22(25)26)18(34)28-13(7-9-16(32)33)19(35)30-14(21(37)38)6-8-15(23)31/h11-14,17H,3-10,24H2,1-2H3,(H2,23,31)(H,28,34)(H,29,36)(H,30,35)(H,32,33)(H,37,38)(H4,25,26,27). The lowest BCUT2D eigenvalue weighted by Gasteiger charge is -2.26. The fraction of sp³-hybridized carbons (Fsp3) is 0.682. The van der Waals surface area contributed by atoms with E-state index >= 15 is 0 Å². The number of guanidine groups is 1. The summed E-state index contributed by atoms with van der Waals surface area (Å²) in [5.74, 6) is -6.27. The number of nitrogens with zero attached hydrogens (tertiary/aromatic N) is 1. The molecule has 5 atom stereocenters. The second kappa shape index (κ2) is 17.5. The molecule has 216 valence electrons. The van der Waals surface area contributed by atoms with Crippen LogP contribution in [0.3, 0.4) is 0 Å². The Morgan fingerprint density at radius 2 is 1.29 bits per heavy atom. The second-order valence-electron chi connectivity index (χ2n) is 8.82. The third-order valence-electron chi connectivity index (χ3n) is 5.71. The lowest BCUT2D eigenvalue weighted by atomic mass is 9.98. The maximum absolute atomic E-state index is 13.1. The van der Waals surface area contributed by atoms with Crippen molar-refractivity contribution in [3.8, 4) is 0 Å². The number of aliphatic imine (C=N–C) groups is 1. The van der Waals surface area contributed by atoms with Crippen LogP contribution in [0.2, 0.25) is 0 Å². The van der Waals surface area contributed by atoms with Gasteiger partial charge in [-0.2, -0.15) is 0 Å². The van der Waals surface area contributed by atoms with Gasteiger partial charge in [0.05, 0.1) is 6.04 Å². The molecule has 0 heterocycles. The van der Waals surface area contributed by atoms with Crippen LogP contribution in [0.1, 0.15) is 58.8 Å². The summed E-state index contributed by atoms with van der Waals surface area (Å²) in [5.41, 5.74) is 21.6. The first-order valence-electron chi connectivity index (χ1n) is 12.1. The van der Waals surface area contributed by atoms with Gasteiger partial charge in [0, 0.05) is 19.4 Å². The summed E-state index contributed by atoms with van der Waals surface area (Å²) in [6.07, 6.45) is -0.640. The van der Waals surface area contributed by atoms with E-state index in [4.69, 9.17) is 28.0 Å². The number of aliphatic carboxylic acids is 2. The van der Waals surface area contributed by atoms with E-state index in [0.717, 1.165) is 0 Å². The molecule has 4 amide bonds. The molecule has 0 fully saturated rings. The molecule has 0 spiro atoms. The first-order valence-corrected chi connectivity index (χ1v) is 12.1. The zero-order valence-corrected chi connectivity index (χ0v) is 21.6. The average molecular weight is 545 g/mol. The normalized spacial score (nSPS) is 14.6. The summed E-state index contributed by atoms with van der Waals surface area (Å²) < 4.78 is 0. The molecule has 0 aromatic heterocycles. The Morgan fingerprint density at radius 3 is 1.76 bits per heavy atom. The number of nitrogens with two attached hydrogens (primary N) is 4. The highest BCUT2D eigenvalue weighted by molar-refractivity contribution is 5.94. The molecule has 5 unspecified atom stereocenters. The average Bonchev–Trinajstić information content (AvgIpc) is 2.83. The van der Waals surface area contributed by atoms with Crippen molar-refractivity contribution in [2.75, 3.05) is 6.54 Å². The van der Waals surface area contributed by atoms with Gasteiger partial charge in [0.15, 0.2) is 5.96 Å². The van der Waals surface area contributed by atoms with E-state index in [9.17, 15) is 33.9 Å². The van der Waals surface area contributed by atoms with Crippen LogP contribution in [-0.4, -0.2) is 82.5 Å². The van der Waals surface area contributed by atoms with E-state index in [-0.39, 0.29) is 50.5 Å². The molecule has 0 aliphatic carbocycles. The highest BCUT2D eigenvalue weighted by Crippen LogP contribution is 2.08. The molecule has 0 aromatic rings. The van der Waals surface area contributed by atoms with Gasteiger partial charge >= 0.3 is 11.9 Å². The Kier molecular flexibility index (Phi) is 15.7. The molecule has 16 nitrogen and oxygen atoms in total. The maximum Gasteiger partial charge on any atom is 0.326 e. The molecule has 0 radical (unpaired) electrons. The topological polar surface area (TPSA) is 295 Å². The van der Waals surface area contributed by atoms with Crippen LogP contribution in [0.15, 0.2) is 4.99 Å². The highest BCUT2D eigenvalue weighted by atomic mass is 16.4. The number of carboxylic acid groups (broad SMARTS) is 2. The number of carboxylic acids is 2. The minimum absolute atomic E-state index is 0.0468. The first kappa shape index (κ1) is 34.0. The summed E-state index contributed by atoms with van der Waals surface area (Å²) in [7, 11) is 0. The molecule has 0 saturated carbocycles. The van der Waals surface area contributed by atoms with Gasteiger partial charge < -0.3 is 49.1 Å². The maximum atomic E-state index is 13.1. The lowest BCUT2D eigenvalue weighted by Crippen LogP contribution is -2.57. The molecule has 16 heteroatoms. The monoisotopic (exact) mass is 544 g/mol. The van der Waals surface area contributed by atoms with E-state index in [2.05, 4.69) is 20.9 Å². The largest absolute Gasteiger partial charge is 0.481 e. The third-order valence-corrected chi connectivity index (χ3v) is 5.71. The summed E-state index contributed by atoms with van der Waals surface area (Å²) in [5, 5.41) is 25.5. The van der Waals surface area contributed by atoms with Gasteiger partial charge in [-0.25, -0.2) is 4.79 Å². The molecule has 0 aromatic carbocycles. The molecular weight excluding hydrogens is 504 g/mol. The number of carbonyl (C=O) groups is 6. The Hall–Kier alpha value is -3.95. The number of hydrogen-bond donors (Lipinski definition) is 9. The minimum Gasteiger partial charge on any atom is -0.481 e. The fourth-order valence-corrected chi connectivity index (χ4v) is 3.18. The quantitative estimate of drug-likeness (QED) is 0.0450. The van der Waals surface area contributed by atoms with Crippen molar-refractivity contribution in [1.29, 1.82) is 0 Å². The summed E-state index contributed by atoms with van der Waals surface area (Å²) >= 11 is 0. The van der Waals surface area contributed by atoms with E-state index in [1.54, 1.807) is 6.92 Å². The van der Waals surface area contributed by atoms with Crippen molar-refractivity contribution in [1.82, 2.24) is 16.0 Å². The second-order valence-corrected chi connectivity index (χ2v) is 8.82. The van der Waals surface area contributed by atoms with Gasteiger partial charge in [-0.15, -0.1) is 0 Å². The molecule has 0 bridgehead atoms. The van der Waals surface area contributed by atoms with Gasteiger partial charge in [-0.1, -0.05) is 20.3 Å². The molecule has 0 rings (SSSR count). The zero-order chi connectivity index (χ0) is 29.4. The highest BCUT2D eigenvalue weighted by Gasteiger charge is 2.31. The Labute approximate surface area is 220 Å². The fourth-order valence-electron chi connectivity index (χ4n) is 3.18. The number of carbonyl (C=O) groups excluding carboxylic acids is 4. The number of primary amides is 1. The van der Waals surface area contributed by atoms with E-state index in [1.165, 1.54) is 0 Å². The van der Waals surface area contributed by atoms with Crippen molar-refractivity contribution in [2.24, 2.45) is 33.8 Å². The van der Waals surface area contributed by atoms with Gasteiger partial charge in [-0.3, -0.25) is 29.0 Å². The van der Waals surface area contributed by atoms with E-state index in [0.29, 0.717) is 6.42 Å².